The molecule has 0 unspecified atom stereocenters. The molecular formula is C17H17Cl2N5O. The van der Waals surface area contributed by atoms with E-state index in [2.05, 4.69) is 15.3 Å². The van der Waals surface area contributed by atoms with E-state index in [1.165, 1.54) is 0 Å². The molecule has 3 rings (SSSR count). The number of benzene rings is 1. The van der Waals surface area contributed by atoms with Gasteiger partial charge in [0.1, 0.15) is 5.69 Å². The van der Waals surface area contributed by atoms with E-state index in [1.807, 2.05) is 23.9 Å². The minimum atomic E-state index is -0.150. The first kappa shape index (κ1) is 17.5. The zero-order valence-electron chi connectivity index (χ0n) is 13.8. The average Bonchev–Trinajstić information content (AvgIpc) is 3.26. The van der Waals surface area contributed by atoms with Gasteiger partial charge in [0, 0.05) is 37.5 Å². The molecule has 3 aromatic rings. The lowest BCUT2D eigenvalue weighted by Crippen LogP contribution is -2.26. The summed E-state index contributed by atoms with van der Waals surface area (Å²) < 4.78 is 1.83. The van der Waals surface area contributed by atoms with Crippen LogP contribution in [0.1, 0.15) is 23.0 Å². The monoisotopic (exact) mass is 377 g/mol. The van der Waals surface area contributed by atoms with Crippen LogP contribution in [0.4, 0.5) is 0 Å². The highest BCUT2D eigenvalue weighted by Gasteiger charge is 2.16. The Bertz CT molecular complexity index is 902. The normalized spacial score (nSPS) is 10.9. The maximum absolute atomic E-state index is 12.6. The van der Waals surface area contributed by atoms with Crippen LogP contribution in [0.3, 0.4) is 0 Å². The Morgan fingerprint density at radius 1 is 1.28 bits per heavy atom. The van der Waals surface area contributed by atoms with Crippen LogP contribution in [-0.2, 0) is 13.1 Å². The van der Waals surface area contributed by atoms with Crippen molar-refractivity contribution in [1.82, 2.24) is 24.9 Å². The molecule has 1 amide bonds. The van der Waals surface area contributed by atoms with Crippen LogP contribution < -0.4 is 0 Å². The average molecular weight is 378 g/mol. The fraction of sp³-hybridized carbons (Fsp3) is 0.235. The van der Waals surface area contributed by atoms with Crippen LogP contribution in [0.5, 0.6) is 0 Å². The van der Waals surface area contributed by atoms with E-state index < -0.39 is 0 Å². The van der Waals surface area contributed by atoms with Crippen molar-refractivity contribution < 1.29 is 4.79 Å². The molecule has 0 atom stereocenters. The summed E-state index contributed by atoms with van der Waals surface area (Å²) in [4.78, 5) is 14.2. The Labute approximate surface area is 155 Å². The summed E-state index contributed by atoms with van der Waals surface area (Å²) >= 11 is 12.0. The molecule has 0 radical (unpaired) electrons. The van der Waals surface area contributed by atoms with Crippen LogP contribution in [0, 0.1) is 0 Å². The Kier molecular flexibility index (Phi) is 5.11. The molecule has 0 saturated heterocycles. The smallest absolute Gasteiger partial charge is 0.271 e. The standard InChI is InChI=1S/C17H17Cl2N5O/c1-3-24-10-11(8-20-24)9-23(2)17(25)16-7-15(21-22-16)12-4-5-13(18)14(19)6-12/h4-8,10H,3,9H2,1-2H3,(H,21,22). The molecule has 6 nitrogen and oxygen atoms in total. The predicted molar refractivity (Wildman–Crippen MR) is 97.7 cm³/mol. The zero-order valence-corrected chi connectivity index (χ0v) is 15.3. The third-order valence-corrected chi connectivity index (χ3v) is 4.54. The van der Waals surface area contributed by atoms with Gasteiger partial charge in [-0.15, -0.1) is 0 Å². The third-order valence-electron chi connectivity index (χ3n) is 3.80. The Balaban J connectivity index is 1.74. The number of aryl methyl sites for hydroxylation is 1. The van der Waals surface area contributed by atoms with Crippen molar-refractivity contribution in [3.8, 4) is 11.3 Å². The van der Waals surface area contributed by atoms with Gasteiger partial charge in [0.25, 0.3) is 5.91 Å². The number of aromatic amines is 1. The molecule has 0 aliphatic heterocycles. The summed E-state index contributed by atoms with van der Waals surface area (Å²) in [5.74, 6) is -0.150. The van der Waals surface area contributed by atoms with Crippen LogP contribution in [0.2, 0.25) is 10.0 Å². The third kappa shape index (κ3) is 3.86. The summed E-state index contributed by atoms with van der Waals surface area (Å²) in [7, 11) is 1.74. The van der Waals surface area contributed by atoms with Gasteiger partial charge in [0.05, 0.1) is 21.9 Å². The largest absolute Gasteiger partial charge is 0.336 e. The number of nitrogens with zero attached hydrogens (tertiary/aromatic N) is 4. The van der Waals surface area contributed by atoms with Gasteiger partial charge in [-0.2, -0.15) is 10.2 Å². The van der Waals surface area contributed by atoms with Gasteiger partial charge in [0.15, 0.2) is 0 Å². The van der Waals surface area contributed by atoms with Crippen molar-refractivity contribution >= 4 is 29.1 Å². The first-order valence-electron chi connectivity index (χ1n) is 7.75. The van der Waals surface area contributed by atoms with Gasteiger partial charge >= 0.3 is 0 Å². The maximum atomic E-state index is 12.6. The number of aromatic nitrogens is 4. The van der Waals surface area contributed by atoms with Crippen LogP contribution >= 0.6 is 23.2 Å². The Hall–Kier alpha value is -2.31. The molecule has 2 aromatic heterocycles. The number of H-pyrrole nitrogens is 1. The van der Waals surface area contributed by atoms with Gasteiger partial charge in [-0.25, -0.2) is 0 Å². The van der Waals surface area contributed by atoms with Crippen molar-refractivity contribution in [2.24, 2.45) is 0 Å². The van der Waals surface area contributed by atoms with Crippen molar-refractivity contribution in [1.29, 1.82) is 0 Å². The number of nitrogens with one attached hydrogen (secondary N) is 1. The van der Waals surface area contributed by atoms with Gasteiger partial charge in [-0.3, -0.25) is 14.6 Å². The summed E-state index contributed by atoms with van der Waals surface area (Å²) in [5.41, 5.74) is 2.80. The zero-order chi connectivity index (χ0) is 18.0. The van der Waals surface area contributed by atoms with Crippen LogP contribution in [0.25, 0.3) is 11.3 Å². The highest BCUT2D eigenvalue weighted by atomic mass is 35.5. The summed E-state index contributed by atoms with van der Waals surface area (Å²) in [5, 5.41) is 12.1. The van der Waals surface area contributed by atoms with E-state index in [9.17, 15) is 4.79 Å². The van der Waals surface area contributed by atoms with Crippen LogP contribution in [-0.4, -0.2) is 37.8 Å². The molecule has 0 spiro atoms. The van der Waals surface area contributed by atoms with E-state index in [4.69, 9.17) is 23.2 Å². The van der Waals surface area contributed by atoms with E-state index in [-0.39, 0.29) is 5.91 Å². The minimum absolute atomic E-state index is 0.150. The molecule has 0 saturated carbocycles. The molecule has 1 N–H and O–H groups in total. The van der Waals surface area contributed by atoms with E-state index in [0.717, 1.165) is 17.7 Å². The number of hydrogen-bond donors (Lipinski definition) is 1. The fourth-order valence-corrected chi connectivity index (χ4v) is 2.74. The lowest BCUT2D eigenvalue weighted by atomic mass is 10.1. The highest BCUT2D eigenvalue weighted by Crippen LogP contribution is 2.27. The highest BCUT2D eigenvalue weighted by molar-refractivity contribution is 6.42. The van der Waals surface area contributed by atoms with Gasteiger partial charge in [0.2, 0.25) is 0 Å². The molecule has 8 heteroatoms. The minimum Gasteiger partial charge on any atom is -0.336 e. The quantitative estimate of drug-likeness (QED) is 0.733. The lowest BCUT2D eigenvalue weighted by Gasteiger charge is -2.14. The van der Waals surface area contributed by atoms with Gasteiger partial charge in [-0.05, 0) is 25.1 Å². The number of carbonyl (C=O) groups is 1. The summed E-state index contributed by atoms with van der Waals surface area (Å²) in [6.45, 7) is 3.28. The van der Waals surface area contributed by atoms with Crippen molar-refractivity contribution in [3.05, 3.63) is 58.0 Å². The molecule has 0 bridgehead atoms. The second-order valence-corrected chi connectivity index (χ2v) is 6.48. The molecule has 130 valence electrons. The Morgan fingerprint density at radius 2 is 2.08 bits per heavy atom. The topological polar surface area (TPSA) is 66.8 Å². The molecule has 0 aliphatic rings. The van der Waals surface area contributed by atoms with Crippen molar-refractivity contribution in [3.63, 3.8) is 0 Å². The molecule has 2 heterocycles. The predicted octanol–water partition coefficient (Wildman–Crippen LogP) is 3.87. The second kappa shape index (κ2) is 7.29. The maximum Gasteiger partial charge on any atom is 0.271 e. The van der Waals surface area contributed by atoms with Crippen molar-refractivity contribution in [2.75, 3.05) is 7.05 Å². The second-order valence-electron chi connectivity index (χ2n) is 5.66. The molecule has 0 aliphatic carbocycles. The molecule has 1 aromatic carbocycles. The molecular weight excluding hydrogens is 361 g/mol. The van der Waals surface area contributed by atoms with Crippen molar-refractivity contribution in [2.45, 2.75) is 20.0 Å². The first-order valence-corrected chi connectivity index (χ1v) is 8.51. The Morgan fingerprint density at radius 3 is 2.76 bits per heavy atom. The van der Waals surface area contributed by atoms with Gasteiger partial charge in [-0.1, -0.05) is 29.3 Å². The fourth-order valence-electron chi connectivity index (χ4n) is 2.45. The number of halogens is 2. The molecule has 0 fully saturated rings. The summed E-state index contributed by atoms with van der Waals surface area (Å²) in [6.07, 6.45) is 3.69. The number of hydrogen-bond acceptors (Lipinski definition) is 3. The number of carbonyl (C=O) groups excluding carboxylic acids is 1. The summed E-state index contributed by atoms with van der Waals surface area (Å²) in [6, 6.07) is 6.93. The van der Waals surface area contributed by atoms with E-state index >= 15 is 0 Å². The molecule has 25 heavy (non-hydrogen) atoms. The number of amides is 1. The van der Waals surface area contributed by atoms with Gasteiger partial charge < -0.3 is 4.90 Å². The first-order chi connectivity index (χ1) is 12.0. The van der Waals surface area contributed by atoms with Crippen LogP contribution in [0.15, 0.2) is 36.7 Å². The van der Waals surface area contributed by atoms with E-state index in [1.54, 1.807) is 36.3 Å². The van der Waals surface area contributed by atoms with E-state index in [0.29, 0.717) is 28.0 Å². The lowest BCUT2D eigenvalue weighted by molar-refractivity contribution is 0.0779. The SMILES string of the molecule is CCn1cc(CN(C)C(=O)c2cc(-c3ccc(Cl)c(Cl)c3)n[nH]2)cn1. The number of rotatable bonds is 5.